The fourth-order valence-electron chi connectivity index (χ4n) is 2.00. The van der Waals surface area contributed by atoms with E-state index in [1.54, 1.807) is 12.1 Å². The van der Waals surface area contributed by atoms with E-state index in [4.69, 9.17) is 10.5 Å². The molecule has 1 heterocycles. The highest BCUT2D eigenvalue weighted by Gasteiger charge is 2.19. The van der Waals surface area contributed by atoms with E-state index in [-0.39, 0.29) is 11.4 Å². The van der Waals surface area contributed by atoms with Crippen LogP contribution in [0.15, 0.2) is 18.2 Å². The zero-order valence-electron chi connectivity index (χ0n) is 8.89. The van der Waals surface area contributed by atoms with Crippen molar-refractivity contribution in [3.63, 3.8) is 0 Å². The van der Waals surface area contributed by atoms with Gasteiger partial charge in [0.1, 0.15) is 5.69 Å². The molecule has 0 bridgehead atoms. The first-order valence-electron chi connectivity index (χ1n) is 5.30. The number of ether oxygens (including phenoxy) is 1. The highest BCUT2D eigenvalue weighted by Crippen LogP contribution is 2.31. The van der Waals surface area contributed by atoms with Gasteiger partial charge in [-0.3, -0.25) is 10.1 Å². The summed E-state index contributed by atoms with van der Waals surface area (Å²) in [7, 11) is 0. The number of hydrogen-bond donors (Lipinski definition) is 1. The number of nitrogens with two attached hydrogens (primary N) is 1. The fourth-order valence-corrected chi connectivity index (χ4v) is 2.00. The third-order valence-corrected chi connectivity index (χ3v) is 2.94. The first-order valence-corrected chi connectivity index (χ1v) is 5.30. The number of nitrogen functional groups attached to an aromatic ring is 1. The van der Waals surface area contributed by atoms with Crippen molar-refractivity contribution in [3.8, 4) is 0 Å². The molecular weight excluding hydrogens is 208 g/mol. The summed E-state index contributed by atoms with van der Waals surface area (Å²) in [6.45, 7) is 1.45. The van der Waals surface area contributed by atoms with Crippen molar-refractivity contribution < 1.29 is 9.66 Å². The largest absolute Gasteiger partial charge is 0.393 e. The summed E-state index contributed by atoms with van der Waals surface area (Å²) in [5.74, 6) is 0.355. The smallest absolute Gasteiger partial charge is 0.292 e. The number of nitrogens with zero attached hydrogens (tertiary/aromatic N) is 1. The molecule has 5 heteroatoms. The lowest BCUT2D eigenvalue weighted by molar-refractivity contribution is -0.384. The molecule has 0 saturated carbocycles. The Balaban J connectivity index is 2.27. The summed E-state index contributed by atoms with van der Waals surface area (Å²) in [6.07, 6.45) is 1.84. The van der Waals surface area contributed by atoms with E-state index < -0.39 is 4.92 Å². The van der Waals surface area contributed by atoms with Crippen molar-refractivity contribution in [2.75, 3.05) is 18.9 Å². The van der Waals surface area contributed by atoms with Crippen LogP contribution in [0.4, 0.5) is 11.4 Å². The van der Waals surface area contributed by atoms with Gasteiger partial charge in [0.2, 0.25) is 0 Å². The Hall–Kier alpha value is -1.62. The molecule has 0 unspecified atom stereocenters. The molecule has 1 fully saturated rings. The lowest BCUT2D eigenvalue weighted by Gasteiger charge is -2.22. The van der Waals surface area contributed by atoms with Crippen molar-refractivity contribution in [2.24, 2.45) is 0 Å². The molecule has 2 N–H and O–H groups in total. The Labute approximate surface area is 93.4 Å². The maximum Gasteiger partial charge on any atom is 0.292 e. The topological polar surface area (TPSA) is 78.4 Å². The number of nitro groups is 1. The summed E-state index contributed by atoms with van der Waals surface area (Å²) in [5.41, 5.74) is 6.77. The van der Waals surface area contributed by atoms with Crippen molar-refractivity contribution in [2.45, 2.75) is 18.8 Å². The molecule has 86 valence electrons. The molecule has 2 rings (SSSR count). The lowest BCUT2D eigenvalue weighted by atomic mass is 9.91. The Morgan fingerprint density at radius 1 is 1.38 bits per heavy atom. The summed E-state index contributed by atoms with van der Waals surface area (Å²) < 4.78 is 5.26. The fraction of sp³-hybridized carbons (Fsp3) is 0.455. The third kappa shape index (κ3) is 2.14. The average Bonchev–Trinajstić information content (AvgIpc) is 2.30. The van der Waals surface area contributed by atoms with Crippen molar-refractivity contribution >= 4 is 11.4 Å². The van der Waals surface area contributed by atoms with Crippen LogP contribution < -0.4 is 5.73 Å². The monoisotopic (exact) mass is 222 g/mol. The maximum atomic E-state index is 10.8. The predicted octanol–water partition coefficient (Wildman–Crippen LogP) is 2.07. The summed E-state index contributed by atoms with van der Waals surface area (Å²) in [4.78, 5) is 10.3. The van der Waals surface area contributed by atoms with Crippen LogP contribution in [0.5, 0.6) is 0 Å². The van der Waals surface area contributed by atoms with Crippen LogP contribution >= 0.6 is 0 Å². The average molecular weight is 222 g/mol. The Kier molecular flexibility index (Phi) is 3.05. The molecular formula is C11H14N2O3. The molecule has 5 nitrogen and oxygen atoms in total. The van der Waals surface area contributed by atoms with Gasteiger partial charge in [0.05, 0.1) is 4.92 Å². The van der Waals surface area contributed by atoms with Gasteiger partial charge in [-0.2, -0.15) is 0 Å². The summed E-state index contributed by atoms with van der Waals surface area (Å²) >= 11 is 0. The SMILES string of the molecule is Nc1ccc(C2CCOCC2)cc1[N+](=O)[O-]. The van der Waals surface area contributed by atoms with Crippen LogP contribution in [-0.4, -0.2) is 18.1 Å². The molecule has 0 amide bonds. The highest BCUT2D eigenvalue weighted by atomic mass is 16.6. The first kappa shape index (κ1) is 10.9. The minimum Gasteiger partial charge on any atom is -0.393 e. The van der Waals surface area contributed by atoms with Gasteiger partial charge in [0, 0.05) is 19.3 Å². The van der Waals surface area contributed by atoms with E-state index in [0.29, 0.717) is 5.92 Å². The minimum absolute atomic E-state index is 0.00370. The van der Waals surface area contributed by atoms with Crippen LogP contribution in [0.2, 0.25) is 0 Å². The van der Waals surface area contributed by atoms with Gasteiger partial charge in [-0.25, -0.2) is 0 Å². The second-order valence-corrected chi connectivity index (χ2v) is 3.96. The molecule has 0 aliphatic carbocycles. The van der Waals surface area contributed by atoms with E-state index in [0.717, 1.165) is 31.6 Å². The molecule has 1 saturated heterocycles. The number of benzene rings is 1. The standard InChI is InChI=1S/C11H14N2O3/c12-10-2-1-9(7-11(10)13(14)15)8-3-5-16-6-4-8/h1-2,7-8H,3-6,12H2. The molecule has 1 aromatic rings. The second-order valence-electron chi connectivity index (χ2n) is 3.96. The van der Waals surface area contributed by atoms with Gasteiger partial charge >= 0.3 is 0 Å². The molecule has 16 heavy (non-hydrogen) atoms. The van der Waals surface area contributed by atoms with E-state index >= 15 is 0 Å². The van der Waals surface area contributed by atoms with Crippen LogP contribution in [0.25, 0.3) is 0 Å². The van der Waals surface area contributed by atoms with E-state index in [9.17, 15) is 10.1 Å². The van der Waals surface area contributed by atoms with E-state index in [1.165, 1.54) is 0 Å². The number of anilines is 1. The quantitative estimate of drug-likeness (QED) is 0.472. The maximum absolute atomic E-state index is 10.8. The Morgan fingerprint density at radius 3 is 2.69 bits per heavy atom. The highest BCUT2D eigenvalue weighted by molar-refractivity contribution is 5.59. The van der Waals surface area contributed by atoms with Crippen LogP contribution in [0.1, 0.15) is 24.3 Å². The number of rotatable bonds is 2. The van der Waals surface area contributed by atoms with Crippen LogP contribution in [0, 0.1) is 10.1 Å². The van der Waals surface area contributed by atoms with E-state index in [2.05, 4.69) is 0 Å². The van der Waals surface area contributed by atoms with Gasteiger partial charge in [-0.1, -0.05) is 6.07 Å². The second kappa shape index (κ2) is 4.49. The Morgan fingerprint density at radius 2 is 2.06 bits per heavy atom. The number of nitro benzene ring substituents is 1. The van der Waals surface area contributed by atoms with Gasteiger partial charge in [-0.05, 0) is 30.4 Å². The molecule has 1 aliphatic rings. The van der Waals surface area contributed by atoms with Gasteiger partial charge in [0.25, 0.3) is 5.69 Å². The van der Waals surface area contributed by atoms with Crippen LogP contribution in [-0.2, 0) is 4.74 Å². The normalized spacial score (nSPS) is 17.2. The van der Waals surface area contributed by atoms with Crippen molar-refractivity contribution in [1.29, 1.82) is 0 Å². The molecule has 0 atom stereocenters. The van der Waals surface area contributed by atoms with Crippen molar-refractivity contribution in [3.05, 3.63) is 33.9 Å². The molecule has 1 aromatic carbocycles. The third-order valence-electron chi connectivity index (χ3n) is 2.94. The molecule has 0 spiro atoms. The van der Waals surface area contributed by atoms with Crippen molar-refractivity contribution in [1.82, 2.24) is 0 Å². The van der Waals surface area contributed by atoms with Gasteiger partial charge in [0.15, 0.2) is 0 Å². The molecule has 0 aromatic heterocycles. The summed E-state index contributed by atoms with van der Waals surface area (Å²) in [5, 5.41) is 10.8. The van der Waals surface area contributed by atoms with Gasteiger partial charge in [-0.15, -0.1) is 0 Å². The Bertz CT molecular complexity index is 400. The summed E-state index contributed by atoms with van der Waals surface area (Å²) in [6, 6.07) is 5.08. The zero-order chi connectivity index (χ0) is 11.5. The lowest BCUT2D eigenvalue weighted by Crippen LogP contribution is -2.14. The molecule has 0 radical (unpaired) electrons. The molecule has 1 aliphatic heterocycles. The zero-order valence-corrected chi connectivity index (χ0v) is 8.89. The van der Waals surface area contributed by atoms with Crippen LogP contribution in [0.3, 0.4) is 0 Å². The predicted molar refractivity (Wildman–Crippen MR) is 60.3 cm³/mol. The number of hydrogen-bond acceptors (Lipinski definition) is 4. The minimum atomic E-state index is -0.432. The first-order chi connectivity index (χ1) is 7.68. The van der Waals surface area contributed by atoms with Gasteiger partial charge < -0.3 is 10.5 Å². The van der Waals surface area contributed by atoms with E-state index in [1.807, 2.05) is 6.07 Å².